The van der Waals surface area contributed by atoms with Gasteiger partial charge in [0, 0.05) is 18.8 Å². The zero-order valence-corrected chi connectivity index (χ0v) is 16.8. The van der Waals surface area contributed by atoms with E-state index >= 15 is 0 Å². The number of para-hydroxylation sites is 1. The van der Waals surface area contributed by atoms with E-state index in [2.05, 4.69) is 15.6 Å². The number of carbonyl (C=O) groups is 3. The van der Waals surface area contributed by atoms with Crippen LogP contribution >= 0.6 is 0 Å². The Balaban J connectivity index is 1.77. The lowest BCUT2D eigenvalue weighted by molar-refractivity contribution is 0.0386. The third-order valence-electron chi connectivity index (χ3n) is 4.72. The van der Waals surface area contributed by atoms with Crippen LogP contribution in [0.2, 0.25) is 0 Å². The van der Waals surface area contributed by atoms with Gasteiger partial charge in [-0.25, -0.2) is 4.79 Å². The highest BCUT2D eigenvalue weighted by Crippen LogP contribution is 2.23. The first-order valence-electron chi connectivity index (χ1n) is 9.48. The molecule has 2 amide bonds. The molecule has 1 aliphatic carbocycles. The number of esters is 1. The van der Waals surface area contributed by atoms with Gasteiger partial charge in [-0.3, -0.25) is 9.59 Å². The summed E-state index contributed by atoms with van der Waals surface area (Å²) in [5.41, 5.74) is 2.40. The Morgan fingerprint density at radius 1 is 1.10 bits per heavy atom. The van der Waals surface area contributed by atoms with Gasteiger partial charge in [0.25, 0.3) is 11.8 Å². The topological polar surface area (TPSA) is 110 Å². The third-order valence-corrected chi connectivity index (χ3v) is 4.72. The lowest BCUT2D eigenvalue weighted by atomic mass is 10.1. The Labute approximate surface area is 169 Å². The SMILES string of the molecule is COCCOC(=O)c1c(C)[nH]c(C(=O)Nc2ccccc2C(=O)NC2CC2)c1C. The number of benzene rings is 1. The summed E-state index contributed by atoms with van der Waals surface area (Å²) in [5.74, 6) is -1.17. The maximum atomic E-state index is 12.8. The summed E-state index contributed by atoms with van der Waals surface area (Å²) in [4.78, 5) is 40.6. The van der Waals surface area contributed by atoms with Crippen molar-refractivity contribution in [1.29, 1.82) is 0 Å². The second kappa shape index (κ2) is 8.91. The molecule has 1 fully saturated rings. The van der Waals surface area contributed by atoms with Crippen LogP contribution in [0.1, 0.15) is 55.3 Å². The van der Waals surface area contributed by atoms with Crippen LogP contribution in [-0.4, -0.2) is 49.1 Å². The lowest BCUT2D eigenvalue weighted by Crippen LogP contribution is -2.27. The van der Waals surface area contributed by atoms with E-state index < -0.39 is 11.9 Å². The number of methoxy groups -OCH3 is 1. The molecule has 0 bridgehead atoms. The molecule has 0 atom stereocenters. The molecule has 1 aromatic heterocycles. The summed E-state index contributed by atoms with van der Waals surface area (Å²) in [5, 5.41) is 5.69. The minimum absolute atomic E-state index is 0.129. The number of aryl methyl sites for hydroxylation is 1. The number of carbonyl (C=O) groups excluding carboxylic acids is 3. The standard InChI is InChI=1S/C21H25N3O5/c1-12-17(21(27)29-11-10-28-3)13(2)22-18(12)20(26)24-16-7-5-4-6-15(16)19(25)23-14-8-9-14/h4-7,14,22H,8-11H2,1-3H3,(H,23,25)(H,24,26). The number of aromatic amines is 1. The number of amides is 2. The molecule has 1 heterocycles. The molecule has 29 heavy (non-hydrogen) atoms. The number of H-pyrrole nitrogens is 1. The van der Waals surface area contributed by atoms with Gasteiger partial charge in [-0.15, -0.1) is 0 Å². The van der Waals surface area contributed by atoms with Crippen molar-refractivity contribution in [2.75, 3.05) is 25.6 Å². The molecular weight excluding hydrogens is 374 g/mol. The van der Waals surface area contributed by atoms with E-state index in [-0.39, 0.29) is 24.2 Å². The fraction of sp³-hybridized carbons (Fsp3) is 0.381. The van der Waals surface area contributed by atoms with E-state index in [1.54, 1.807) is 38.1 Å². The molecule has 0 saturated heterocycles. The molecule has 0 aliphatic heterocycles. The monoisotopic (exact) mass is 399 g/mol. The van der Waals surface area contributed by atoms with Crippen molar-refractivity contribution in [1.82, 2.24) is 10.3 Å². The molecule has 3 rings (SSSR count). The van der Waals surface area contributed by atoms with Crippen LogP contribution in [0.4, 0.5) is 5.69 Å². The van der Waals surface area contributed by atoms with E-state index in [1.807, 2.05) is 0 Å². The molecule has 2 aromatic rings. The Morgan fingerprint density at radius 3 is 2.52 bits per heavy atom. The molecule has 3 N–H and O–H groups in total. The van der Waals surface area contributed by atoms with Crippen LogP contribution in [0.15, 0.2) is 24.3 Å². The van der Waals surface area contributed by atoms with E-state index in [4.69, 9.17) is 9.47 Å². The number of hydrogen-bond acceptors (Lipinski definition) is 5. The molecule has 1 saturated carbocycles. The Morgan fingerprint density at radius 2 is 1.83 bits per heavy atom. The molecule has 0 spiro atoms. The van der Waals surface area contributed by atoms with Crippen LogP contribution in [0, 0.1) is 13.8 Å². The fourth-order valence-electron chi connectivity index (χ4n) is 3.04. The predicted octanol–water partition coefficient (Wildman–Crippen LogP) is 2.58. The second-order valence-corrected chi connectivity index (χ2v) is 7.00. The first kappa shape index (κ1) is 20.6. The summed E-state index contributed by atoms with van der Waals surface area (Å²) < 4.78 is 10.0. The fourth-order valence-corrected chi connectivity index (χ4v) is 3.04. The minimum Gasteiger partial charge on any atom is -0.460 e. The van der Waals surface area contributed by atoms with Gasteiger partial charge in [-0.1, -0.05) is 12.1 Å². The van der Waals surface area contributed by atoms with Crippen LogP contribution in [0.5, 0.6) is 0 Å². The van der Waals surface area contributed by atoms with Crippen LogP contribution in [0.25, 0.3) is 0 Å². The summed E-state index contributed by atoms with van der Waals surface area (Å²) in [6.45, 7) is 3.80. The van der Waals surface area contributed by atoms with Gasteiger partial charge < -0.3 is 25.1 Å². The van der Waals surface area contributed by atoms with E-state index in [0.29, 0.717) is 34.7 Å². The van der Waals surface area contributed by atoms with Gasteiger partial charge in [0.1, 0.15) is 12.3 Å². The average Bonchev–Trinajstić information content (AvgIpc) is 3.45. The normalized spacial score (nSPS) is 13.1. The second-order valence-electron chi connectivity index (χ2n) is 7.00. The highest BCUT2D eigenvalue weighted by Gasteiger charge is 2.26. The number of nitrogens with one attached hydrogen (secondary N) is 3. The summed E-state index contributed by atoms with van der Waals surface area (Å²) >= 11 is 0. The van der Waals surface area contributed by atoms with Crippen LogP contribution < -0.4 is 10.6 Å². The Bertz CT molecular complexity index is 930. The predicted molar refractivity (Wildman–Crippen MR) is 107 cm³/mol. The van der Waals surface area contributed by atoms with Gasteiger partial charge in [-0.2, -0.15) is 0 Å². The van der Waals surface area contributed by atoms with Crippen molar-refractivity contribution in [3.8, 4) is 0 Å². The largest absolute Gasteiger partial charge is 0.460 e. The van der Waals surface area contributed by atoms with Crippen molar-refractivity contribution < 1.29 is 23.9 Å². The highest BCUT2D eigenvalue weighted by molar-refractivity contribution is 6.10. The number of hydrogen-bond donors (Lipinski definition) is 3. The quantitative estimate of drug-likeness (QED) is 0.467. The number of anilines is 1. The van der Waals surface area contributed by atoms with Crippen LogP contribution in [0.3, 0.4) is 0 Å². The van der Waals surface area contributed by atoms with Gasteiger partial charge in [0.05, 0.1) is 23.4 Å². The van der Waals surface area contributed by atoms with Crippen LogP contribution in [-0.2, 0) is 9.47 Å². The summed E-state index contributed by atoms with van der Waals surface area (Å²) in [7, 11) is 1.52. The lowest BCUT2D eigenvalue weighted by Gasteiger charge is -2.11. The summed E-state index contributed by atoms with van der Waals surface area (Å²) in [6, 6.07) is 7.04. The maximum Gasteiger partial charge on any atom is 0.340 e. The van der Waals surface area contributed by atoms with E-state index in [1.165, 1.54) is 7.11 Å². The molecule has 154 valence electrons. The van der Waals surface area contributed by atoms with Crippen molar-refractivity contribution in [2.24, 2.45) is 0 Å². The first-order chi connectivity index (χ1) is 13.9. The van der Waals surface area contributed by atoms with E-state index in [9.17, 15) is 14.4 Å². The van der Waals surface area contributed by atoms with Crippen molar-refractivity contribution >= 4 is 23.5 Å². The van der Waals surface area contributed by atoms with Crippen molar-refractivity contribution in [3.05, 3.63) is 52.3 Å². The third kappa shape index (κ3) is 4.83. The molecular formula is C21H25N3O5. The number of aromatic nitrogens is 1. The Hall–Kier alpha value is -3.13. The van der Waals surface area contributed by atoms with Gasteiger partial charge in [-0.05, 0) is 44.4 Å². The van der Waals surface area contributed by atoms with Gasteiger partial charge >= 0.3 is 5.97 Å². The van der Waals surface area contributed by atoms with E-state index in [0.717, 1.165) is 12.8 Å². The first-order valence-corrected chi connectivity index (χ1v) is 9.48. The van der Waals surface area contributed by atoms with Crippen molar-refractivity contribution in [3.63, 3.8) is 0 Å². The molecule has 0 unspecified atom stereocenters. The molecule has 1 aliphatic rings. The van der Waals surface area contributed by atoms with Gasteiger partial charge in [0.2, 0.25) is 0 Å². The minimum atomic E-state index is -0.517. The molecule has 8 nitrogen and oxygen atoms in total. The Kier molecular flexibility index (Phi) is 6.33. The maximum absolute atomic E-state index is 12.8. The van der Waals surface area contributed by atoms with Crippen molar-refractivity contribution in [2.45, 2.75) is 32.7 Å². The number of rotatable bonds is 8. The molecule has 8 heteroatoms. The summed E-state index contributed by atoms with van der Waals surface area (Å²) in [6.07, 6.45) is 1.95. The average molecular weight is 399 g/mol. The number of ether oxygens (including phenoxy) is 2. The van der Waals surface area contributed by atoms with Gasteiger partial charge in [0.15, 0.2) is 0 Å². The smallest absolute Gasteiger partial charge is 0.340 e. The zero-order valence-electron chi connectivity index (χ0n) is 16.8. The highest BCUT2D eigenvalue weighted by atomic mass is 16.6. The molecule has 0 radical (unpaired) electrons. The zero-order chi connectivity index (χ0) is 21.0. The molecule has 1 aromatic carbocycles.